The fraction of sp³-hybridized carbons (Fsp3) is 1.00. The van der Waals surface area contributed by atoms with Gasteiger partial charge in [-0.2, -0.15) is 0 Å². The number of hydrogen-bond acceptors (Lipinski definition) is 2. The third-order valence-electron chi connectivity index (χ3n) is 3.29. The highest BCUT2D eigenvalue weighted by Crippen LogP contribution is 2.43. The predicted octanol–water partition coefficient (Wildman–Crippen LogP) is 1.96. The Morgan fingerprint density at radius 2 is 1.83 bits per heavy atom. The Hall–Kier alpha value is -0.0800. The van der Waals surface area contributed by atoms with Gasteiger partial charge in [-0.05, 0) is 18.3 Å². The molecule has 0 aliphatic heterocycles. The molecule has 2 nitrogen and oxygen atoms in total. The molecule has 1 fully saturated rings. The van der Waals surface area contributed by atoms with Crippen molar-refractivity contribution in [2.24, 2.45) is 5.41 Å². The van der Waals surface area contributed by atoms with Gasteiger partial charge >= 0.3 is 0 Å². The Kier molecular flexibility index (Phi) is 2.79. The van der Waals surface area contributed by atoms with E-state index in [1.54, 1.807) is 7.11 Å². The fourth-order valence-electron chi connectivity index (χ4n) is 2.06. The first-order valence-electron chi connectivity index (χ1n) is 4.73. The summed E-state index contributed by atoms with van der Waals surface area (Å²) >= 11 is 0. The zero-order chi connectivity index (χ0) is 9.24. The van der Waals surface area contributed by atoms with Gasteiger partial charge in [0.15, 0.2) is 0 Å². The first-order chi connectivity index (χ1) is 5.52. The highest BCUT2D eigenvalue weighted by atomic mass is 16.5. The maximum atomic E-state index is 10.3. The second kappa shape index (κ2) is 3.35. The van der Waals surface area contributed by atoms with E-state index in [4.69, 9.17) is 4.74 Å². The highest BCUT2D eigenvalue weighted by Gasteiger charge is 2.44. The first kappa shape index (κ1) is 10.0. The molecule has 12 heavy (non-hydrogen) atoms. The molecule has 0 aromatic heterocycles. The zero-order valence-electron chi connectivity index (χ0n) is 8.39. The van der Waals surface area contributed by atoms with Crippen LogP contribution in [-0.4, -0.2) is 24.4 Å². The number of methoxy groups -OCH3 is 1. The molecular formula is C10H20O2. The summed E-state index contributed by atoms with van der Waals surface area (Å²) < 4.78 is 5.07. The molecule has 72 valence electrons. The lowest BCUT2D eigenvalue weighted by molar-refractivity contribution is -0.134. The molecule has 1 N–H and O–H groups in total. The van der Waals surface area contributed by atoms with Crippen molar-refractivity contribution in [3.8, 4) is 0 Å². The summed E-state index contributed by atoms with van der Waals surface area (Å²) in [5, 5.41) is 10.3. The van der Waals surface area contributed by atoms with Gasteiger partial charge in [-0.1, -0.05) is 26.7 Å². The molecule has 1 rings (SSSR count). The third-order valence-corrected chi connectivity index (χ3v) is 3.29. The van der Waals surface area contributed by atoms with E-state index >= 15 is 0 Å². The summed E-state index contributed by atoms with van der Waals surface area (Å²) in [4.78, 5) is 0. The molecule has 0 aromatic rings. The number of rotatable bonds is 2. The van der Waals surface area contributed by atoms with Crippen molar-refractivity contribution >= 4 is 0 Å². The molecule has 1 unspecified atom stereocenters. The minimum atomic E-state index is -0.597. The molecule has 0 heterocycles. The molecular weight excluding hydrogens is 152 g/mol. The van der Waals surface area contributed by atoms with Gasteiger partial charge in [0.05, 0.1) is 12.2 Å². The molecule has 1 aliphatic carbocycles. The topological polar surface area (TPSA) is 29.5 Å². The smallest absolute Gasteiger partial charge is 0.0930 e. The average Bonchev–Trinajstić information content (AvgIpc) is 1.96. The standard InChI is InChI=1S/C10H20O2/c1-9(2)6-4-5-7-10(9,11)8-12-3/h11H,4-8H2,1-3H3. The summed E-state index contributed by atoms with van der Waals surface area (Å²) in [6, 6.07) is 0. The normalized spacial score (nSPS) is 35.0. The van der Waals surface area contributed by atoms with Crippen LogP contribution in [0.3, 0.4) is 0 Å². The lowest BCUT2D eigenvalue weighted by Gasteiger charge is -2.46. The number of ether oxygens (including phenoxy) is 1. The fourth-order valence-corrected chi connectivity index (χ4v) is 2.06. The van der Waals surface area contributed by atoms with Crippen molar-refractivity contribution in [3.05, 3.63) is 0 Å². The van der Waals surface area contributed by atoms with Crippen LogP contribution in [0.2, 0.25) is 0 Å². The highest BCUT2D eigenvalue weighted by molar-refractivity contribution is 4.96. The van der Waals surface area contributed by atoms with Crippen molar-refractivity contribution in [2.45, 2.75) is 45.1 Å². The summed E-state index contributed by atoms with van der Waals surface area (Å²) in [5.74, 6) is 0. The van der Waals surface area contributed by atoms with Gasteiger partial charge in [-0.3, -0.25) is 0 Å². The Morgan fingerprint density at radius 1 is 1.25 bits per heavy atom. The van der Waals surface area contributed by atoms with E-state index in [2.05, 4.69) is 13.8 Å². The lowest BCUT2D eigenvalue weighted by atomic mass is 9.66. The second-order valence-corrected chi connectivity index (χ2v) is 4.56. The maximum Gasteiger partial charge on any atom is 0.0930 e. The summed E-state index contributed by atoms with van der Waals surface area (Å²) in [5.41, 5.74) is -0.582. The average molecular weight is 172 g/mol. The molecule has 1 atom stereocenters. The van der Waals surface area contributed by atoms with Gasteiger partial charge < -0.3 is 9.84 Å². The van der Waals surface area contributed by atoms with E-state index in [0.29, 0.717) is 6.61 Å². The summed E-state index contributed by atoms with van der Waals surface area (Å²) in [7, 11) is 1.66. The van der Waals surface area contributed by atoms with Gasteiger partial charge in [0.1, 0.15) is 0 Å². The largest absolute Gasteiger partial charge is 0.387 e. The van der Waals surface area contributed by atoms with Crippen LogP contribution in [0.5, 0.6) is 0 Å². The van der Waals surface area contributed by atoms with Crippen molar-refractivity contribution < 1.29 is 9.84 Å². The molecule has 0 spiro atoms. The van der Waals surface area contributed by atoms with E-state index in [9.17, 15) is 5.11 Å². The molecule has 1 aliphatic rings. The lowest BCUT2D eigenvalue weighted by Crippen LogP contribution is -2.50. The van der Waals surface area contributed by atoms with Crippen LogP contribution in [0.1, 0.15) is 39.5 Å². The molecule has 2 heteroatoms. The van der Waals surface area contributed by atoms with Crippen LogP contribution in [0, 0.1) is 5.41 Å². The Bertz CT molecular complexity index is 150. The molecule has 1 saturated carbocycles. The number of hydrogen-bond donors (Lipinski definition) is 1. The van der Waals surface area contributed by atoms with E-state index in [-0.39, 0.29) is 5.41 Å². The monoisotopic (exact) mass is 172 g/mol. The summed E-state index contributed by atoms with van der Waals surface area (Å²) in [6.45, 7) is 4.73. The van der Waals surface area contributed by atoms with E-state index in [0.717, 1.165) is 19.3 Å². The third kappa shape index (κ3) is 1.64. The SMILES string of the molecule is COCC1(O)CCCCC1(C)C. The van der Waals surface area contributed by atoms with Crippen LogP contribution in [0.4, 0.5) is 0 Å². The van der Waals surface area contributed by atoms with E-state index < -0.39 is 5.60 Å². The Balaban J connectivity index is 2.69. The predicted molar refractivity (Wildman–Crippen MR) is 49.1 cm³/mol. The van der Waals surface area contributed by atoms with E-state index in [1.165, 1.54) is 6.42 Å². The molecule has 0 aromatic carbocycles. The van der Waals surface area contributed by atoms with Gasteiger partial charge in [0.2, 0.25) is 0 Å². The summed E-state index contributed by atoms with van der Waals surface area (Å²) in [6.07, 6.45) is 4.35. The van der Waals surface area contributed by atoms with Gasteiger partial charge in [0, 0.05) is 7.11 Å². The molecule has 0 radical (unpaired) electrons. The van der Waals surface area contributed by atoms with Gasteiger partial charge in [-0.25, -0.2) is 0 Å². The van der Waals surface area contributed by atoms with Crippen molar-refractivity contribution in [3.63, 3.8) is 0 Å². The maximum absolute atomic E-state index is 10.3. The molecule has 0 amide bonds. The number of aliphatic hydroxyl groups is 1. The van der Waals surface area contributed by atoms with Crippen LogP contribution in [0.15, 0.2) is 0 Å². The Labute approximate surface area is 74.9 Å². The minimum Gasteiger partial charge on any atom is -0.387 e. The molecule has 0 saturated heterocycles. The minimum absolute atomic E-state index is 0.0151. The van der Waals surface area contributed by atoms with E-state index in [1.807, 2.05) is 0 Å². The van der Waals surface area contributed by atoms with Crippen molar-refractivity contribution in [1.29, 1.82) is 0 Å². The van der Waals surface area contributed by atoms with Crippen LogP contribution in [0.25, 0.3) is 0 Å². The van der Waals surface area contributed by atoms with Crippen LogP contribution >= 0.6 is 0 Å². The Morgan fingerprint density at radius 3 is 2.33 bits per heavy atom. The quantitative estimate of drug-likeness (QED) is 0.690. The second-order valence-electron chi connectivity index (χ2n) is 4.56. The van der Waals surface area contributed by atoms with Crippen molar-refractivity contribution in [2.75, 3.05) is 13.7 Å². The van der Waals surface area contributed by atoms with Gasteiger partial charge in [0.25, 0.3) is 0 Å². The van der Waals surface area contributed by atoms with Gasteiger partial charge in [-0.15, -0.1) is 0 Å². The van der Waals surface area contributed by atoms with Crippen molar-refractivity contribution in [1.82, 2.24) is 0 Å². The zero-order valence-corrected chi connectivity index (χ0v) is 8.39. The first-order valence-corrected chi connectivity index (χ1v) is 4.73. The van der Waals surface area contributed by atoms with Crippen LogP contribution < -0.4 is 0 Å². The molecule has 0 bridgehead atoms. The van der Waals surface area contributed by atoms with Crippen LogP contribution in [-0.2, 0) is 4.74 Å².